The summed E-state index contributed by atoms with van der Waals surface area (Å²) in [6.07, 6.45) is 2.03. The molecule has 0 saturated carbocycles. The topological polar surface area (TPSA) is 53.1 Å². The van der Waals surface area contributed by atoms with E-state index in [0.717, 1.165) is 29.4 Å². The summed E-state index contributed by atoms with van der Waals surface area (Å²) in [4.78, 5) is 4.65. The van der Waals surface area contributed by atoms with Crippen LogP contribution in [-0.4, -0.2) is 24.2 Å². The lowest BCUT2D eigenvalue weighted by Crippen LogP contribution is -2.22. The summed E-state index contributed by atoms with van der Waals surface area (Å²) >= 11 is 0. The number of nitrogens with two attached hydrogens (primary N) is 1. The summed E-state index contributed by atoms with van der Waals surface area (Å²) in [7, 11) is -1.05. The highest BCUT2D eigenvalue weighted by Crippen LogP contribution is 2.25. The number of rotatable bonds is 6. The van der Waals surface area contributed by atoms with Crippen LogP contribution in [0.25, 0.3) is 11.4 Å². The Hall–Kier alpha value is -1.59. The van der Waals surface area contributed by atoms with Crippen LogP contribution in [0.4, 0.5) is 5.69 Å². The highest BCUT2D eigenvalue weighted by Gasteiger charge is 2.14. The minimum atomic E-state index is -1.05. The lowest BCUT2D eigenvalue weighted by Gasteiger charge is -2.16. The molecule has 2 rings (SSSR count). The maximum absolute atomic E-state index is 5.93. The van der Waals surface area contributed by atoms with Gasteiger partial charge in [0.1, 0.15) is 12.6 Å². The minimum Gasteiger partial charge on any atom is -0.399 e. The Balaban J connectivity index is 2.15. The highest BCUT2D eigenvalue weighted by molar-refractivity contribution is 6.76. The molecule has 2 N–H and O–H groups in total. The van der Waals surface area contributed by atoms with Crippen LogP contribution in [-0.2, 0) is 11.5 Å². The standard InChI is InChI=1S/C17H27N3OSi/c1-13-6-7-15(18)10-16(13)17-19-14(2)11-20(17)12-21-8-9-22(3,4)5/h6-7,10-11H,8-9,12,18H2,1-5H3. The van der Waals surface area contributed by atoms with Crippen molar-refractivity contribution in [2.24, 2.45) is 0 Å². The van der Waals surface area contributed by atoms with E-state index in [-0.39, 0.29) is 0 Å². The van der Waals surface area contributed by atoms with E-state index in [1.54, 1.807) is 0 Å². The molecule has 22 heavy (non-hydrogen) atoms. The molecule has 0 atom stereocenters. The van der Waals surface area contributed by atoms with Crippen molar-refractivity contribution in [1.82, 2.24) is 9.55 Å². The maximum Gasteiger partial charge on any atom is 0.142 e. The molecular formula is C17H27N3OSi. The van der Waals surface area contributed by atoms with E-state index in [0.29, 0.717) is 6.73 Å². The number of benzene rings is 1. The number of hydrogen-bond acceptors (Lipinski definition) is 3. The third-order valence-electron chi connectivity index (χ3n) is 3.63. The Bertz CT molecular complexity index is 644. The third kappa shape index (κ3) is 4.45. The SMILES string of the molecule is Cc1cn(COCC[Si](C)(C)C)c(-c2cc(N)ccc2C)n1. The van der Waals surface area contributed by atoms with Gasteiger partial charge in [0.05, 0.1) is 5.69 Å². The molecule has 0 aliphatic heterocycles. The summed E-state index contributed by atoms with van der Waals surface area (Å²) in [5.41, 5.74) is 9.92. The maximum atomic E-state index is 5.93. The summed E-state index contributed by atoms with van der Waals surface area (Å²) in [6.45, 7) is 12.5. The lowest BCUT2D eigenvalue weighted by atomic mass is 10.1. The van der Waals surface area contributed by atoms with Crippen LogP contribution >= 0.6 is 0 Å². The number of imidazole rings is 1. The average Bonchev–Trinajstić information content (AvgIpc) is 2.77. The Morgan fingerprint density at radius 1 is 1.23 bits per heavy atom. The zero-order valence-corrected chi connectivity index (χ0v) is 15.3. The molecule has 5 heteroatoms. The average molecular weight is 318 g/mol. The smallest absolute Gasteiger partial charge is 0.142 e. The number of nitrogens with zero attached hydrogens (tertiary/aromatic N) is 2. The van der Waals surface area contributed by atoms with Gasteiger partial charge in [0.25, 0.3) is 0 Å². The lowest BCUT2D eigenvalue weighted by molar-refractivity contribution is 0.0882. The van der Waals surface area contributed by atoms with Crippen LogP contribution in [0.5, 0.6) is 0 Å². The molecule has 0 aliphatic carbocycles. The van der Waals surface area contributed by atoms with Gasteiger partial charge in [0.2, 0.25) is 0 Å². The monoisotopic (exact) mass is 317 g/mol. The minimum absolute atomic E-state index is 0.537. The van der Waals surface area contributed by atoms with E-state index < -0.39 is 8.07 Å². The summed E-state index contributed by atoms with van der Waals surface area (Å²) < 4.78 is 7.94. The fourth-order valence-electron chi connectivity index (χ4n) is 2.28. The molecule has 0 aliphatic rings. The van der Waals surface area contributed by atoms with Gasteiger partial charge in [-0.2, -0.15) is 0 Å². The van der Waals surface area contributed by atoms with E-state index in [1.807, 2.05) is 31.3 Å². The number of nitrogen functional groups attached to an aromatic ring is 1. The van der Waals surface area contributed by atoms with Crippen molar-refractivity contribution in [2.45, 2.75) is 46.3 Å². The first-order valence-electron chi connectivity index (χ1n) is 7.74. The second-order valence-corrected chi connectivity index (χ2v) is 12.7. The third-order valence-corrected chi connectivity index (χ3v) is 5.33. The van der Waals surface area contributed by atoms with Crippen LogP contribution in [0.15, 0.2) is 24.4 Å². The molecule has 1 heterocycles. The number of anilines is 1. The van der Waals surface area contributed by atoms with Gasteiger partial charge in [-0.3, -0.25) is 0 Å². The van der Waals surface area contributed by atoms with Gasteiger partial charge in [-0.15, -0.1) is 0 Å². The second-order valence-electron chi connectivity index (χ2n) is 7.10. The number of hydrogen-bond donors (Lipinski definition) is 1. The van der Waals surface area contributed by atoms with Gasteiger partial charge in [-0.1, -0.05) is 25.7 Å². The molecule has 0 spiro atoms. The predicted octanol–water partition coefficient (Wildman–Crippen LogP) is 4.06. The van der Waals surface area contributed by atoms with E-state index in [1.165, 1.54) is 11.6 Å². The van der Waals surface area contributed by atoms with Gasteiger partial charge in [-0.25, -0.2) is 4.98 Å². The number of aromatic nitrogens is 2. The fourth-order valence-corrected chi connectivity index (χ4v) is 3.04. The van der Waals surface area contributed by atoms with Gasteiger partial charge in [0.15, 0.2) is 0 Å². The van der Waals surface area contributed by atoms with Crippen molar-refractivity contribution < 1.29 is 4.74 Å². The largest absolute Gasteiger partial charge is 0.399 e. The molecule has 0 saturated heterocycles. The van der Waals surface area contributed by atoms with Crippen LogP contribution in [0, 0.1) is 13.8 Å². The zero-order valence-electron chi connectivity index (χ0n) is 14.3. The molecular weight excluding hydrogens is 290 g/mol. The summed E-state index contributed by atoms with van der Waals surface area (Å²) in [5.74, 6) is 0.926. The molecule has 2 aromatic rings. The quantitative estimate of drug-likeness (QED) is 0.496. The Labute approximate surface area is 134 Å². The first-order valence-corrected chi connectivity index (χ1v) is 11.4. The van der Waals surface area contributed by atoms with E-state index in [2.05, 4.69) is 36.1 Å². The Morgan fingerprint density at radius 2 is 1.95 bits per heavy atom. The van der Waals surface area contributed by atoms with Gasteiger partial charge >= 0.3 is 0 Å². The van der Waals surface area contributed by atoms with Crippen molar-refractivity contribution >= 4 is 13.8 Å². The number of ether oxygens (including phenoxy) is 1. The molecule has 1 aromatic carbocycles. The van der Waals surface area contributed by atoms with E-state index >= 15 is 0 Å². The first-order chi connectivity index (χ1) is 10.3. The van der Waals surface area contributed by atoms with Crippen LogP contribution in [0.3, 0.4) is 0 Å². The van der Waals surface area contributed by atoms with Crippen molar-refractivity contribution in [3.63, 3.8) is 0 Å². The van der Waals surface area contributed by atoms with Gasteiger partial charge < -0.3 is 15.0 Å². The molecule has 0 radical (unpaired) electrons. The molecule has 0 amide bonds. The summed E-state index contributed by atoms with van der Waals surface area (Å²) in [6, 6.07) is 7.11. The second kappa shape index (κ2) is 6.67. The molecule has 120 valence electrons. The predicted molar refractivity (Wildman–Crippen MR) is 95.7 cm³/mol. The zero-order chi connectivity index (χ0) is 16.3. The van der Waals surface area contributed by atoms with Crippen LogP contribution in [0.1, 0.15) is 11.3 Å². The van der Waals surface area contributed by atoms with Crippen molar-refractivity contribution in [1.29, 1.82) is 0 Å². The molecule has 0 unspecified atom stereocenters. The fraction of sp³-hybridized carbons (Fsp3) is 0.471. The highest BCUT2D eigenvalue weighted by atomic mass is 28.3. The number of aryl methyl sites for hydroxylation is 2. The molecule has 0 bridgehead atoms. The normalized spacial score (nSPS) is 11.9. The Kier molecular flexibility index (Phi) is 5.08. The van der Waals surface area contributed by atoms with Gasteiger partial charge in [-0.05, 0) is 37.6 Å². The molecule has 1 aromatic heterocycles. The van der Waals surface area contributed by atoms with Crippen LogP contribution in [0.2, 0.25) is 25.7 Å². The van der Waals surface area contributed by atoms with E-state index in [4.69, 9.17) is 10.5 Å². The van der Waals surface area contributed by atoms with Crippen molar-refractivity contribution in [3.05, 3.63) is 35.7 Å². The first kappa shape index (κ1) is 16.8. The summed E-state index contributed by atoms with van der Waals surface area (Å²) in [5, 5.41) is 0. The van der Waals surface area contributed by atoms with Crippen LogP contribution < -0.4 is 5.73 Å². The van der Waals surface area contributed by atoms with Crippen molar-refractivity contribution in [2.75, 3.05) is 12.3 Å². The van der Waals surface area contributed by atoms with Crippen molar-refractivity contribution in [3.8, 4) is 11.4 Å². The van der Waals surface area contributed by atoms with Gasteiger partial charge in [0, 0.05) is 32.1 Å². The Morgan fingerprint density at radius 3 is 2.64 bits per heavy atom. The molecule has 0 fully saturated rings. The molecule has 4 nitrogen and oxygen atoms in total. The van der Waals surface area contributed by atoms with E-state index in [9.17, 15) is 0 Å².